The van der Waals surface area contributed by atoms with Gasteiger partial charge < -0.3 is 10.3 Å². The summed E-state index contributed by atoms with van der Waals surface area (Å²) in [6.45, 7) is 3.93. The third-order valence-electron chi connectivity index (χ3n) is 3.75. The summed E-state index contributed by atoms with van der Waals surface area (Å²) >= 11 is 0. The normalized spacial score (nSPS) is 19.4. The fourth-order valence-corrected chi connectivity index (χ4v) is 2.83. The second-order valence-corrected chi connectivity index (χ2v) is 5.18. The lowest BCUT2D eigenvalue weighted by molar-refractivity contribution is 0.241. The van der Waals surface area contributed by atoms with Crippen LogP contribution in [0.5, 0.6) is 0 Å². The molecule has 2 aromatic rings. The molecule has 1 saturated heterocycles. The molecule has 6 heteroatoms. The lowest BCUT2D eigenvalue weighted by Crippen LogP contribution is -2.24. The molecule has 0 radical (unpaired) electrons. The molecule has 0 amide bonds. The topological polar surface area (TPSA) is 69.7 Å². The zero-order valence-electron chi connectivity index (χ0n) is 11.9. The molecule has 0 saturated carbocycles. The van der Waals surface area contributed by atoms with Crippen LogP contribution in [0, 0.1) is 6.92 Å². The standard InChI is InChI=1S/C14H20N6/c1-10-18-12(6-14(15-2)19-10)13-4-3-5-20(13)8-11-7-16-9-17-11/h6-7,9,13H,3-5,8H2,1-2H3,(H,16,17)(H,15,18,19)/t13-/m1/s1. The molecule has 20 heavy (non-hydrogen) atoms. The third kappa shape index (κ3) is 2.65. The predicted octanol–water partition coefficient (Wildman–Crippen LogP) is 1.89. The van der Waals surface area contributed by atoms with Gasteiger partial charge in [0, 0.05) is 31.5 Å². The second-order valence-electron chi connectivity index (χ2n) is 5.18. The van der Waals surface area contributed by atoms with Crippen LogP contribution in [0.25, 0.3) is 0 Å². The van der Waals surface area contributed by atoms with Gasteiger partial charge >= 0.3 is 0 Å². The zero-order valence-corrected chi connectivity index (χ0v) is 11.9. The number of rotatable bonds is 4. The van der Waals surface area contributed by atoms with Gasteiger partial charge in [0.25, 0.3) is 0 Å². The number of nitrogens with one attached hydrogen (secondary N) is 2. The largest absolute Gasteiger partial charge is 0.373 e. The maximum atomic E-state index is 4.62. The van der Waals surface area contributed by atoms with E-state index >= 15 is 0 Å². The number of nitrogens with zero attached hydrogens (tertiary/aromatic N) is 4. The van der Waals surface area contributed by atoms with Crippen molar-refractivity contribution >= 4 is 5.82 Å². The van der Waals surface area contributed by atoms with Crippen molar-refractivity contribution in [3.63, 3.8) is 0 Å². The van der Waals surface area contributed by atoms with Crippen LogP contribution in [-0.4, -0.2) is 38.4 Å². The van der Waals surface area contributed by atoms with Crippen molar-refractivity contribution < 1.29 is 0 Å². The van der Waals surface area contributed by atoms with Crippen LogP contribution in [0.2, 0.25) is 0 Å². The van der Waals surface area contributed by atoms with Crippen molar-refractivity contribution in [2.45, 2.75) is 32.4 Å². The van der Waals surface area contributed by atoms with Gasteiger partial charge in [0.1, 0.15) is 11.6 Å². The Labute approximate surface area is 118 Å². The van der Waals surface area contributed by atoms with Crippen LogP contribution < -0.4 is 5.32 Å². The number of imidazole rings is 1. The average Bonchev–Trinajstić information content (AvgIpc) is 3.10. The molecule has 1 aliphatic heterocycles. The maximum absolute atomic E-state index is 4.62. The van der Waals surface area contributed by atoms with E-state index in [1.165, 1.54) is 6.42 Å². The Hall–Kier alpha value is -1.95. The Morgan fingerprint density at radius 3 is 3.10 bits per heavy atom. The summed E-state index contributed by atoms with van der Waals surface area (Å²) in [4.78, 5) is 18.7. The van der Waals surface area contributed by atoms with E-state index in [2.05, 4.69) is 36.2 Å². The summed E-state index contributed by atoms with van der Waals surface area (Å²) in [5.41, 5.74) is 2.26. The molecule has 0 aliphatic carbocycles. The van der Waals surface area contributed by atoms with Crippen molar-refractivity contribution in [1.29, 1.82) is 0 Å². The van der Waals surface area contributed by atoms with E-state index in [0.717, 1.165) is 42.5 Å². The Balaban J connectivity index is 1.82. The first-order valence-electron chi connectivity index (χ1n) is 7.01. The van der Waals surface area contributed by atoms with Crippen molar-refractivity contribution in [2.75, 3.05) is 18.9 Å². The van der Waals surface area contributed by atoms with Crippen LogP contribution in [0.1, 0.15) is 36.1 Å². The quantitative estimate of drug-likeness (QED) is 0.889. The summed E-state index contributed by atoms with van der Waals surface area (Å²) in [6.07, 6.45) is 5.97. The van der Waals surface area contributed by atoms with Gasteiger partial charge in [0.15, 0.2) is 0 Å². The number of H-pyrrole nitrogens is 1. The minimum absolute atomic E-state index is 0.368. The van der Waals surface area contributed by atoms with Crippen molar-refractivity contribution in [2.24, 2.45) is 0 Å². The molecule has 1 aliphatic rings. The van der Waals surface area contributed by atoms with Gasteiger partial charge in [-0.1, -0.05) is 0 Å². The molecule has 0 aromatic carbocycles. The number of hydrogen-bond donors (Lipinski definition) is 2. The van der Waals surface area contributed by atoms with Crippen LogP contribution >= 0.6 is 0 Å². The summed E-state index contributed by atoms with van der Waals surface area (Å²) in [7, 11) is 1.89. The van der Waals surface area contributed by atoms with Gasteiger partial charge in [0.05, 0.1) is 18.1 Å². The molecule has 1 atom stereocenters. The zero-order chi connectivity index (χ0) is 13.9. The Bertz CT molecular complexity index is 565. The number of aromatic amines is 1. The summed E-state index contributed by atoms with van der Waals surface area (Å²) in [5.74, 6) is 1.71. The van der Waals surface area contributed by atoms with Crippen molar-refractivity contribution in [3.05, 3.63) is 35.8 Å². The molecule has 3 heterocycles. The number of anilines is 1. The van der Waals surface area contributed by atoms with Gasteiger partial charge in [-0.2, -0.15) is 0 Å². The van der Waals surface area contributed by atoms with Gasteiger partial charge in [-0.3, -0.25) is 4.90 Å². The lowest BCUT2D eigenvalue weighted by Gasteiger charge is -2.23. The molecule has 2 N–H and O–H groups in total. The maximum Gasteiger partial charge on any atom is 0.129 e. The minimum Gasteiger partial charge on any atom is -0.373 e. The molecule has 3 rings (SSSR count). The first kappa shape index (κ1) is 13.1. The fourth-order valence-electron chi connectivity index (χ4n) is 2.83. The van der Waals surface area contributed by atoms with E-state index in [-0.39, 0.29) is 0 Å². The van der Waals surface area contributed by atoms with Crippen molar-refractivity contribution in [1.82, 2.24) is 24.8 Å². The summed E-state index contributed by atoms with van der Waals surface area (Å²) < 4.78 is 0. The molecular formula is C14H20N6. The highest BCUT2D eigenvalue weighted by molar-refractivity contribution is 5.36. The molecule has 106 valence electrons. The van der Waals surface area contributed by atoms with Crippen LogP contribution in [0.4, 0.5) is 5.82 Å². The lowest BCUT2D eigenvalue weighted by atomic mass is 10.1. The third-order valence-corrected chi connectivity index (χ3v) is 3.75. The van der Waals surface area contributed by atoms with Gasteiger partial charge in [-0.15, -0.1) is 0 Å². The highest BCUT2D eigenvalue weighted by Gasteiger charge is 2.27. The summed E-state index contributed by atoms with van der Waals surface area (Å²) in [5, 5.41) is 3.11. The molecule has 1 fully saturated rings. The first-order chi connectivity index (χ1) is 9.76. The van der Waals surface area contributed by atoms with E-state index < -0.39 is 0 Å². The molecule has 0 spiro atoms. The molecular weight excluding hydrogens is 252 g/mol. The smallest absolute Gasteiger partial charge is 0.129 e. The van der Waals surface area contributed by atoms with E-state index in [1.807, 2.05) is 20.2 Å². The van der Waals surface area contributed by atoms with E-state index in [9.17, 15) is 0 Å². The van der Waals surface area contributed by atoms with Gasteiger partial charge in [-0.25, -0.2) is 15.0 Å². The number of likely N-dealkylation sites (tertiary alicyclic amines) is 1. The Morgan fingerprint density at radius 2 is 2.35 bits per heavy atom. The van der Waals surface area contributed by atoms with E-state index in [0.29, 0.717) is 6.04 Å². The highest BCUT2D eigenvalue weighted by atomic mass is 15.2. The first-order valence-corrected chi connectivity index (χ1v) is 7.01. The second kappa shape index (κ2) is 5.58. The molecule has 6 nitrogen and oxygen atoms in total. The summed E-state index contributed by atoms with van der Waals surface area (Å²) in [6, 6.07) is 2.43. The highest BCUT2D eigenvalue weighted by Crippen LogP contribution is 2.32. The fraction of sp³-hybridized carbons (Fsp3) is 0.500. The van der Waals surface area contributed by atoms with E-state index in [4.69, 9.17) is 0 Å². The van der Waals surface area contributed by atoms with Gasteiger partial charge in [0.2, 0.25) is 0 Å². The van der Waals surface area contributed by atoms with Gasteiger partial charge in [-0.05, 0) is 26.3 Å². The average molecular weight is 272 g/mol. The SMILES string of the molecule is CNc1cc([C@H]2CCCN2Cc2cnc[nH]2)nc(C)n1. The number of aryl methyl sites for hydroxylation is 1. The van der Waals surface area contributed by atoms with Crippen LogP contribution in [0.15, 0.2) is 18.6 Å². The monoisotopic (exact) mass is 272 g/mol. The van der Waals surface area contributed by atoms with Crippen molar-refractivity contribution in [3.8, 4) is 0 Å². The number of hydrogen-bond acceptors (Lipinski definition) is 5. The van der Waals surface area contributed by atoms with E-state index in [1.54, 1.807) is 6.33 Å². The number of aromatic nitrogens is 4. The molecule has 0 bridgehead atoms. The van der Waals surface area contributed by atoms with Crippen LogP contribution in [0.3, 0.4) is 0 Å². The molecule has 0 unspecified atom stereocenters. The van der Waals surface area contributed by atoms with Crippen LogP contribution in [-0.2, 0) is 6.54 Å². The Kier molecular flexibility index (Phi) is 3.64. The minimum atomic E-state index is 0.368. The molecule has 2 aromatic heterocycles. The predicted molar refractivity (Wildman–Crippen MR) is 77.3 cm³/mol. The Morgan fingerprint density at radius 1 is 1.45 bits per heavy atom.